The maximum absolute atomic E-state index is 9.85. The van der Waals surface area contributed by atoms with Gasteiger partial charge in [-0.3, -0.25) is 14.4 Å². The minimum absolute atomic E-state index is 0.120. The van der Waals surface area contributed by atoms with E-state index in [1.165, 1.54) is 11.0 Å². The van der Waals surface area contributed by atoms with Crippen LogP contribution in [0.4, 0.5) is 0 Å². The monoisotopic (exact) mass is 331 g/mol. The number of hydroxylamine groups is 2. The van der Waals surface area contributed by atoms with Crippen LogP contribution >= 0.6 is 0 Å². The summed E-state index contributed by atoms with van der Waals surface area (Å²) in [6, 6.07) is -2.19. The molecule has 0 saturated carbocycles. The van der Waals surface area contributed by atoms with Crippen molar-refractivity contribution in [2.45, 2.75) is 18.5 Å². The molecule has 0 rings (SSSR count). The number of aliphatic hydroxyl groups excluding tert-OH is 2. The second-order valence-electron chi connectivity index (χ2n) is 3.39. The maximum Gasteiger partial charge on any atom is 0.325 e. The first-order valence-electron chi connectivity index (χ1n) is 5.59. The topological polar surface area (TPSA) is 243 Å². The van der Waals surface area contributed by atoms with Crippen molar-refractivity contribution in [1.82, 2.24) is 11.0 Å². The van der Waals surface area contributed by atoms with Crippen LogP contribution in [0.1, 0.15) is 6.42 Å². The summed E-state index contributed by atoms with van der Waals surface area (Å²) in [4.78, 5) is 29.0. The van der Waals surface area contributed by atoms with Crippen molar-refractivity contribution < 1.29 is 50.3 Å². The molecule has 0 spiro atoms. The van der Waals surface area contributed by atoms with Crippen LogP contribution in [0.3, 0.4) is 0 Å². The fourth-order valence-electron chi connectivity index (χ4n) is 0.504. The Kier molecular flexibility index (Phi) is 19.6. The van der Waals surface area contributed by atoms with Gasteiger partial charge in [-0.15, -0.1) is 0 Å². The normalized spacial score (nSPS) is 11.9. The highest BCUT2D eigenvalue weighted by molar-refractivity contribution is 5.73. The molecule has 13 heteroatoms. The number of hydrogen-bond acceptors (Lipinski definition) is 10. The lowest BCUT2D eigenvalue weighted by molar-refractivity contribution is -0.144. The van der Waals surface area contributed by atoms with E-state index in [0.29, 0.717) is 0 Å². The first-order chi connectivity index (χ1) is 10.2. The van der Waals surface area contributed by atoms with Crippen molar-refractivity contribution in [3.63, 3.8) is 0 Å². The molecule has 13 nitrogen and oxygen atoms in total. The third-order valence-electron chi connectivity index (χ3n) is 1.62. The van der Waals surface area contributed by atoms with E-state index in [4.69, 9.17) is 41.7 Å². The SMILES string of the molecule is N[C@@H](CCO)C(=O)O.O=C(O)CNO.O=C(O)[C@H](CO)NO. The standard InChI is InChI=1S/C4H9NO3.C3H7NO4.C2H5NO3/c5-3(1-2-6)4(7)8;5-1-2(4-8)3(6)7;4-2(5)1-3-6/h3,6H,1-2,5H2,(H,7,8);2,4-5,8H,1H2,(H,6,7);3,6H,1H2,(H,4,5)/t3-;2-;/m00./s1. The van der Waals surface area contributed by atoms with Gasteiger partial charge in [-0.1, -0.05) is 0 Å². The van der Waals surface area contributed by atoms with Gasteiger partial charge in [0.1, 0.15) is 12.6 Å². The molecule has 0 aromatic rings. The van der Waals surface area contributed by atoms with Gasteiger partial charge in [-0.2, -0.15) is 11.0 Å². The van der Waals surface area contributed by atoms with Crippen LogP contribution in [0.15, 0.2) is 0 Å². The lowest BCUT2D eigenvalue weighted by Gasteiger charge is -2.02. The molecule has 132 valence electrons. The Bertz CT molecular complexity index is 310. The molecule has 11 N–H and O–H groups in total. The largest absolute Gasteiger partial charge is 0.480 e. The van der Waals surface area contributed by atoms with Crippen molar-refractivity contribution >= 4 is 17.9 Å². The summed E-state index contributed by atoms with van der Waals surface area (Å²) in [5.74, 6) is -3.42. The summed E-state index contributed by atoms with van der Waals surface area (Å²) in [7, 11) is 0. The van der Waals surface area contributed by atoms with Gasteiger partial charge < -0.3 is 41.7 Å². The molecule has 0 aliphatic carbocycles. The van der Waals surface area contributed by atoms with E-state index in [9.17, 15) is 14.4 Å². The fraction of sp³-hybridized carbons (Fsp3) is 0.667. The Hall–Kier alpha value is -1.87. The van der Waals surface area contributed by atoms with Crippen LogP contribution in [0.25, 0.3) is 0 Å². The summed E-state index contributed by atoms with van der Waals surface area (Å²) in [5, 5.41) is 55.5. The van der Waals surface area contributed by atoms with Crippen LogP contribution in [-0.2, 0) is 14.4 Å². The molecule has 0 bridgehead atoms. The van der Waals surface area contributed by atoms with E-state index in [1.54, 1.807) is 0 Å². The van der Waals surface area contributed by atoms with E-state index in [0.717, 1.165) is 0 Å². The third-order valence-corrected chi connectivity index (χ3v) is 1.62. The zero-order valence-corrected chi connectivity index (χ0v) is 11.4. The van der Waals surface area contributed by atoms with Gasteiger partial charge in [0.2, 0.25) is 0 Å². The number of hydrogen-bond donors (Lipinski definition) is 10. The molecule has 22 heavy (non-hydrogen) atoms. The molecule has 0 radical (unpaired) electrons. The Labute approximate surface area is 124 Å². The second kappa shape index (κ2) is 17.2. The number of carboxylic acids is 3. The van der Waals surface area contributed by atoms with Crippen molar-refractivity contribution in [3.05, 3.63) is 0 Å². The Balaban J connectivity index is -0.000000249. The molecule has 0 unspecified atom stereocenters. The Morgan fingerprint density at radius 1 is 1.00 bits per heavy atom. The zero-order valence-electron chi connectivity index (χ0n) is 11.4. The third kappa shape index (κ3) is 20.4. The lowest BCUT2D eigenvalue weighted by atomic mass is 10.2. The Morgan fingerprint density at radius 2 is 1.50 bits per heavy atom. The number of carboxylic acid groups (broad SMARTS) is 3. The predicted octanol–water partition coefficient (Wildman–Crippen LogP) is -3.76. The molecule has 0 aromatic heterocycles. The number of carbonyl (C=O) groups is 3. The average molecular weight is 331 g/mol. The first kappa shape index (κ1) is 25.1. The predicted molar refractivity (Wildman–Crippen MR) is 68.2 cm³/mol. The van der Waals surface area contributed by atoms with Crippen molar-refractivity contribution in [2.75, 3.05) is 19.8 Å². The van der Waals surface area contributed by atoms with Crippen molar-refractivity contribution in [3.8, 4) is 0 Å². The quantitative estimate of drug-likeness (QED) is 0.192. The molecule has 0 aliphatic rings. The molecule has 0 aliphatic heterocycles. The molecule has 0 fully saturated rings. The second-order valence-corrected chi connectivity index (χ2v) is 3.39. The van der Waals surface area contributed by atoms with E-state index in [2.05, 4.69) is 0 Å². The molecular formula is C9H21N3O10. The van der Waals surface area contributed by atoms with E-state index in [1.807, 2.05) is 0 Å². The Morgan fingerprint density at radius 3 is 1.55 bits per heavy atom. The van der Waals surface area contributed by atoms with Crippen LogP contribution in [-0.4, -0.2) is 85.7 Å². The smallest absolute Gasteiger partial charge is 0.325 e. The zero-order chi connectivity index (χ0) is 18.1. The van der Waals surface area contributed by atoms with Gasteiger partial charge >= 0.3 is 17.9 Å². The molecule has 0 amide bonds. The number of rotatable bonds is 8. The molecule has 0 aromatic carbocycles. The number of aliphatic carboxylic acids is 3. The summed E-state index contributed by atoms with van der Waals surface area (Å²) < 4.78 is 0. The molecule has 2 atom stereocenters. The van der Waals surface area contributed by atoms with Gasteiger partial charge in [-0.05, 0) is 6.42 Å². The van der Waals surface area contributed by atoms with Crippen molar-refractivity contribution in [2.24, 2.45) is 5.73 Å². The summed E-state index contributed by atoms with van der Waals surface area (Å²) in [6.45, 7) is -1.20. The minimum Gasteiger partial charge on any atom is -0.480 e. The van der Waals surface area contributed by atoms with Gasteiger partial charge in [0.15, 0.2) is 6.04 Å². The number of aliphatic hydroxyl groups is 2. The van der Waals surface area contributed by atoms with Gasteiger partial charge in [0.25, 0.3) is 0 Å². The van der Waals surface area contributed by atoms with E-state index >= 15 is 0 Å². The highest BCUT2D eigenvalue weighted by atomic mass is 16.5. The van der Waals surface area contributed by atoms with Crippen LogP contribution in [0.2, 0.25) is 0 Å². The van der Waals surface area contributed by atoms with Crippen LogP contribution in [0, 0.1) is 0 Å². The summed E-state index contributed by atoms with van der Waals surface area (Å²) >= 11 is 0. The van der Waals surface area contributed by atoms with Gasteiger partial charge in [0.05, 0.1) is 6.61 Å². The van der Waals surface area contributed by atoms with E-state index < -0.39 is 43.1 Å². The average Bonchev–Trinajstić information content (AvgIpc) is 2.41. The maximum atomic E-state index is 9.85. The fourth-order valence-corrected chi connectivity index (χ4v) is 0.504. The van der Waals surface area contributed by atoms with Gasteiger partial charge in [0, 0.05) is 6.61 Å². The molecule has 0 saturated heterocycles. The molecule has 0 heterocycles. The first-order valence-corrected chi connectivity index (χ1v) is 5.59. The highest BCUT2D eigenvalue weighted by Crippen LogP contribution is 1.83. The number of nitrogens with one attached hydrogen (secondary N) is 2. The van der Waals surface area contributed by atoms with E-state index in [-0.39, 0.29) is 13.0 Å². The van der Waals surface area contributed by atoms with Crippen LogP contribution in [0.5, 0.6) is 0 Å². The molecular weight excluding hydrogens is 310 g/mol. The summed E-state index contributed by atoms with van der Waals surface area (Å²) in [5.41, 5.74) is 7.84. The number of nitrogens with two attached hydrogens (primary N) is 1. The van der Waals surface area contributed by atoms with Gasteiger partial charge in [-0.25, -0.2) is 0 Å². The van der Waals surface area contributed by atoms with Crippen LogP contribution < -0.4 is 16.7 Å². The highest BCUT2D eigenvalue weighted by Gasteiger charge is 2.12. The van der Waals surface area contributed by atoms with Crippen molar-refractivity contribution in [1.29, 1.82) is 0 Å². The summed E-state index contributed by atoms with van der Waals surface area (Å²) in [6.07, 6.45) is 0.120. The minimum atomic E-state index is -1.28. The lowest BCUT2D eigenvalue weighted by Crippen LogP contribution is -2.37.